The Morgan fingerprint density at radius 3 is 2.54 bits per heavy atom. The minimum absolute atomic E-state index is 0.0326. The number of carbonyl (C=O) groups excluding carboxylic acids is 1. The van der Waals surface area contributed by atoms with Gasteiger partial charge in [-0.1, -0.05) is 11.0 Å². The van der Waals surface area contributed by atoms with Gasteiger partial charge in [0, 0.05) is 17.7 Å². The zero-order chi connectivity index (χ0) is 26.5. The van der Waals surface area contributed by atoms with Gasteiger partial charge < -0.3 is 15.7 Å². The number of non-ortho nitro benzene ring substituents is 1. The van der Waals surface area contributed by atoms with Gasteiger partial charge >= 0.3 is 0 Å². The SMILES string of the molecule is CC[NH+](CC)c1ccc(C=NNC(=O)c2nnn(-c3nonc3N)c2-c2ccc([N+](=O)[O-])cc2)c([O-])c1. The van der Waals surface area contributed by atoms with Crippen LogP contribution in [-0.4, -0.2) is 55.4 Å². The third-order valence-corrected chi connectivity index (χ3v) is 5.58. The summed E-state index contributed by atoms with van der Waals surface area (Å²) < 4.78 is 5.74. The summed E-state index contributed by atoms with van der Waals surface area (Å²) in [4.78, 5) is 24.6. The molecule has 2 heterocycles. The number of rotatable bonds is 9. The molecule has 4 aromatic rings. The van der Waals surface area contributed by atoms with Gasteiger partial charge in [0.15, 0.2) is 5.69 Å². The van der Waals surface area contributed by atoms with Crippen LogP contribution in [0.3, 0.4) is 0 Å². The molecule has 0 radical (unpaired) electrons. The van der Waals surface area contributed by atoms with Crippen molar-refractivity contribution in [3.8, 4) is 22.8 Å². The summed E-state index contributed by atoms with van der Waals surface area (Å²) in [5.41, 5.74) is 9.39. The molecule has 2 aromatic carbocycles. The molecule has 0 fully saturated rings. The Bertz CT molecular complexity index is 1460. The van der Waals surface area contributed by atoms with E-state index in [1.165, 1.54) is 35.4 Å². The number of benzene rings is 2. The van der Waals surface area contributed by atoms with Crippen molar-refractivity contribution in [2.45, 2.75) is 13.8 Å². The second-order valence-electron chi connectivity index (χ2n) is 7.74. The number of hydrazone groups is 1. The highest BCUT2D eigenvalue weighted by Gasteiger charge is 2.25. The zero-order valence-corrected chi connectivity index (χ0v) is 19.8. The monoisotopic (exact) mass is 506 g/mol. The highest BCUT2D eigenvalue weighted by atomic mass is 16.6. The third-order valence-electron chi connectivity index (χ3n) is 5.58. The summed E-state index contributed by atoms with van der Waals surface area (Å²) in [5.74, 6) is -1.14. The van der Waals surface area contributed by atoms with E-state index in [0.717, 1.165) is 23.5 Å². The predicted molar refractivity (Wildman–Crippen MR) is 128 cm³/mol. The maximum Gasteiger partial charge on any atom is 0.294 e. The number of nitrogens with two attached hydrogens (primary N) is 1. The van der Waals surface area contributed by atoms with Gasteiger partial charge in [-0.25, -0.2) is 10.1 Å². The van der Waals surface area contributed by atoms with Crippen molar-refractivity contribution >= 4 is 29.3 Å². The molecular weight excluding hydrogens is 484 g/mol. The molecule has 0 spiro atoms. The fourth-order valence-corrected chi connectivity index (χ4v) is 3.65. The van der Waals surface area contributed by atoms with E-state index in [1.807, 2.05) is 19.9 Å². The Hall–Kier alpha value is -5.18. The van der Waals surface area contributed by atoms with Crippen LogP contribution in [0.2, 0.25) is 0 Å². The minimum atomic E-state index is -0.762. The first-order chi connectivity index (χ1) is 17.8. The molecule has 0 saturated heterocycles. The molecule has 0 bridgehead atoms. The number of hydrogen-bond acceptors (Lipinski definition) is 11. The third kappa shape index (κ3) is 5.10. The number of nitrogen functional groups attached to an aromatic ring is 1. The summed E-state index contributed by atoms with van der Waals surface area (Å²) in [6, 6.07) is 10.4. The van der Waals surface area contributed by atoms with Gasteiger partial charge in [0.2, 0.25) is 11.6 Å². The molecule has 4 rings (SSSR count). The first-order valence-electron chi connectivity index (χ1n) is 11.1. The Balaban J connectivity index is 1.62. The molecule has 2 aromatic heterocycles. The van der Waals surface area contributed by atoms with Crippen LogP contribution in [-0.2, 0) is 0 Å². The molecule has 0 aliphatic heterocycles. The van der Waals surface area contributed by atoms with Crippen LogP contribution in [0, 0.1) is 10.1 Å². The minimum Gasteiger partial charge on any atom is -0.872 e. The predicted octanol–water partition coefficient (Wildman–Crippen LogP) is 0.201. The largest absolute Gasteiger partial charge is 0.872 e. The van der Waals surface area contributed by atoms with Gasteiger partial charge in [-0.05, 0) is 60.1 Å². The number of amides is 1. The molecule has 0 unspecified atom stereocenters. The van der Waals surface area contributed by atoms with Crippen LogP contribution in [0.5, 0.6) is 5.75 Å². The van der Waals surface area contributed by atoms with Crippen LogP contribution in [0.15, 0.2) is 52.2 Å². The van der Waals surface area contributed by atoms with Gasteiger partial charge in [0.1, 0.15) is 11.4 Å². The van der Waals surface area contributed by atoms with Gasteiger partial charge in [-0.2, -0.15) is 9.78 Å². The molecule has 0 atom stereocenters. The fraction of sp³-hybridized carbons (Fsp3) is 0.182. The number of aromatic nitrogens is 5. The number of quaternary nitrogens is 1. The standard InChI is InChI=1S/C22H22N10O5/c1-3-30(4-2)16-10-7-14(17(33)11-16)12-24-26-22(34)18-19(13-5-8-15(9-6-13)32(35)36)31(29-25-18)21-20(23)27-37-28-21/h5-12,33H,3-4H2,1-2H3,(H2,23,27)(H,26,34). The number of nitro benzene ring substituents is 1. The van der Waals surface area contributed by atoms with Gasteiger partial charge in [-0.15, -0.1) is 5.10 Å². The van der Waals surface area contributed by atoms with Crippen molar-refractivity contribution in [2.75, 3.05) is 18.8 Å². The number of carbonyl (C=O) groups is 1. The number of nitro groups is 1. The Morgan fingerprint density at radius 1 is 1.22 bits per heavy atom. The molecule has 4 N–H and O–H groups in total. The summed E-state index contributed by atoms with van der Waals surface area (Å²) in [5, 5.41) is 42.4. The molecule has 15 heteroatoms. The molecule has 1 amide bonds. The fourth-order valence-electron chi connectivity index (χ4n) is 3.65. The zero-order valence-electron chi connectivity index (χ0n) is 19.8. The second kappa shape index (κ2) is 10.6. The molecular formula is C22H22N10O5. The molecule has 0 saturated carbocycles. The Labute approximate surface area is 209 Å². The lowest BCUT2D eigenvalue weighted by atomic mass is 10.1. The van der Waals surface area contributed by atoms with E-state index in [1.54, 1.807) is 12.1 Å². The number of nitrogens with zero attached hydrogens (tertiary/aromatic N) is 7. The summed E-state index contributed by atoms with van der Waals surface area (Å²) in [7, 11) is 0. The van der Waals surface area contributed by atoms with E-state index in [0.29, 0.717) is 5.56 Å². The normalized spacial score (nSPS) is 11.3. The van der Waals surface area contributed by atoms with E-state index >= 15 is 0 Å². The first kappa shape index (κ1) is 24.9. The topological polar surface area (TPSA) is 208 Å². The summed E-state index contributed by atoms with van der Waals surface area (Å²) in [6.45, 7) is 5.74. The molecule has 0 aliphatic rings. The summed E-state index contributed by atoms with van der Waals surface area (Å²) >= 11 is 0. The lowest BCUT2D eigenvalue weighted by Crippen LogP contribution is -3.06. The molecule has 15 nitrogen and oxygen atoms in total. The Morgan fingerprint density at radius 2 is 1.95 bits per heavy atom. The van der Waals surface area contributed by atoms with Gasteiger partial charge in [-0.3, -0.25) is 14.9 Å². The summed E-state index contributed by atoms with van der Waals surface area (Å²) in [6.07, 6.45) is 1.23. The number of anilines is 1. The molecule has 37 heavy (non-hydrogen) atoms. The van der Waals surface area contributed by atoms with Crippen molar-refractivity contribution in [1.29, 1.82) is 0 Å². The van der Waals surface area contributed by atoms with E-state index in [9.17, 15) is 20.0 Å². The van der Waals surface area contributed by atoms with Crippen molar-refractivity contribution in [3.63, 3.8) is 0 Å². The smallest absolute Gasteiger partial charge is 0.294 e. The number of nitrogens with one attached hydrogen (secondary N) is 2. The Kier molecular flexibility index (Phi) is 7.15. The highest BCUT2D eigenvalue weighted by molar-refractivity contribution is 5.99. The van der Waals surface area contributed by atoms with E-state index in [-0.39, 0.29) is 40.0 Å². The van der Waals surface area contributed by atoms with Crippen LogP contribution in [0.1, 0.15) is 29.9 Å². The lowest BCUT2D eigenvalue weighted by molar-refractivity contribution is -0.828. The quantitative estimate of drug-likeness (QED) is 0.159. The van der Waals surface area contributed by atoms with E-state index in [4.69, 9.17) is 5.73 Å². The van der Waals surface area contributed by atoms with Crippen LogP contribution in [0.4, 0.5) is 17.2 Å². The van der Waals surface area contributed by atoms with Crippen LogP contribution >= 0.6 is 0 Å². The maximum atomic E-state index is 13.0. The molecule has 0 aliphatic carbocycles. The maximum absolute atomic E-state index is 13.0. The van der Waals surface area contributed by atoms with Crippen molar-refractivity contribution < 1.29 is 24.4 Å². The van der Waals surface area contributed by atoms with E-state index < -0.39 is 10.8 Å². The van der Waals surface area contributed by atoms with E-state index in [2.05, 4.69) is 35.8 Å². The van der Waals surface area contributed by atoms with Gasteiger partial charge in [0.25, 0.3) is 11.6 Å². The van der Waals surface area contributed by atoms with Gasteiger partial charge in [0.05, 0.1) is 24.2 Å². The first-order valence-corrected chi connectivity index (χ1v) is 11.1. The lowest BCUT2D eigenvalue weighted by Gasteiger charge is -2.18. The average molecular weight is 506 g/mol. The van der Waals surface area contributed by atoms with Crippen LogP contribution in [0.25, 0.3) is 17.1 Å². The van der Waals surface area contributed by atoms with Crippen molar-refractivity contribution in [3.05, 3.63) is 63.8 Å². The average Bonchev–Trinajstić information content (AvgIpc) is 3.52. The van der Waals surface area contributed by atoms with Crippen LogP contribution < -0.4 is 21.2 Å². The van der Waals surface area contributed by atoms with Crippen molar-refractivity contribution in [2.24, 2.45) is 5.10 Å². The number of hydrogen-bond donors (Lipinski definition) is 3. The van der Waals surface area contributed by atoms with Crippen molar-refractivity contribution in [1.82, 2.24) is 30.7 Å². The highest BCUT2D eigenvalue weighted by Crippen LogP contribution is 2.28. The second-order valence-corrected chi connectivity index (χ2v) is 7.74. The molecule has 190 valence electrons.